The maximum absolute atomic E-state index is 5.75. The van der Waals surface area contributed by atoms with Crippen molar-refractivity contribution in [2.24, 2.45) is 0 Å². The lowest BCUT2D eigenvalue weighted by molar-refractivity contribution is -0.181. The van der Waals surface area contributed by atoms with E-state index in [-0.39, 0.29) is 5.41 Å². The number of hydrogen-bond acceptors (Lipinski definition) is 3. The van der Waals surface area contributed by atoms with Gasteiger partial charge in [0.15, 0.2) is 5.41 Å². The third-order valence-corrected chi connectivity index (χ3v) is 3.37. The first-order valence-electron chi connectivity index (χ1n) is 5.13. The molecule has 0 aliphatic rings. The van der Waals surface area contributed by atoms with Gasteiger partial charge in [0.2, 0.25) is 0 Å². The van der Waals surface area contributed by atoms with Gasteiger partial charge in [0, 0.05) is 19.8 Å². The molecular weight excluding hydrogens is 194 g/mol. The number of nitrogens with zero attached hydrogens (tertiary/aromatic N) is 1. The van der Waals surface area contributed by atoms with Crippen molar-refractivity contribution in [2.75, 3.05) is 33.9 Å². The number of rotatable bonds is 8. The van der Waals surface area contributed by atoms with Crippen molar-refractivity contribution in [3.63, 3.8) is 0 Å². The summed E-state index contributed by atoms with van der Waals surface area (Å²) in [4.78, 5) is 2.10. The molecular formula is C10H23NO2Si. The molecule has 0 N–H and O–H groups in total. The van der Waals surface area contributed by atoms with Gasteiger partial charge in [-0.1, -0.05) is 0 Å². The highest BCUT2D eigenvalue weighted by Gasteiger charge is 2.30. The quantitative estimate of drug-likeness (QED) is 0.439. The minimum atomic E-state index is -0.558. The molecule has 14 heavy (non-hydrogen) atoms. The lowest BCUT2D eigenvalue weighted by Gasteiger charge is -2.34. The summed E-state index contributed by atoms with van der Waals surface area (Å²) in [7, 11) is 3.51. The Morgan fingerprint density at radius 2 is 1.79 bits per heavy atom. The molecule has 0 fully saturated rings. The van der Waals surface area contributed by atoms with E-state index in [1.54, 1.807) is 0 Å². The summed E-state index contributed by atoms with van der Waals surface area (Å²) in [5.41, 5.74) is 1.60. The van der Waals surface area contributed by atoms with E-state index in [4.69, 9.17) is 9.47 Å². The maximum atomic E-state index is 5.75. The fraction of sp³-hybridized carbons (Fsp3) is 0.800. The summed E-state index contributed by atoms with van der Waals surface area (Å²) < 4.78 is 11.5. The normalized spacial score (nSPS) is 12.9. The Bertz CT molecular complexity index is 156. The van der Waals surface area contributed by atoms with Crippen LogP contribution in [-0.4, -0.2) is 53.7 Å². The minimum Gasteiger partial charge on any atom is -0.353 e. The molecule has 0 rings (SSSR count). The molecule has 0 aromatic heterocycles. The van der Waals surface area contributed by atoms with Gasteiger partial charge in [-0.3, -0.25) is 0 Å². The van der Waals surface area contributed by atoms with Crippen molar-refractivity contribution in [3.8, 4) is 0 Å². The molecule has 0 saturated heterocycles. The largest absolute Gasteiger partial charge is 0.353 e. The average Bonchev–Trinajstić information content (AvgIpc) is 2.03. The number of hydrogen-bond donors (Lipinski definition) is 0. The first-order chi connectivity index (χ1) is 6.60. The molecule has 0 bridgehead atoms. The Morgan fingerprint density at radius 3 is 2.07 bits per heavy atom. The summed E-state index contributed by atoms with van der Waals surface area (Å²) >= 11 is 0. The van der Waals surface area contributed by atoms with Crippen molar-refractivity contribution in [1.82, 2.24) is 4.90 Å². The van der Waals surface area contributed by atoms with Crippen molar-refractivity contribution >= 4 is 9.52 Å². The highest BCUT2D eigenvalue weighted by Crippen LogP contribution is 2.13. The molecule has 3 nitrogen and oxygen atoms in total. The lowest BCUT2D eigenvalue weighted by Crippen LogP contribution is -2.49. The van der Waals surface area contributed by atoms with Gasteiger partial charge in [0.05, 0.1) is 0 Å². The van der Waals surface area contributed by atoms with E-state index in [0.717, 1.165) is 6.54 Å². The Labute approximate surface area is 89.9 Å². The highest BCUT2D eigenvalue weighted by atomic mass is 28.2. The SMILES string of the molecule is C=C[SiH2]C(CN(C)C)(OCC)OCC. The predicted molar refractivity (Wildman–Crippen MR) is 63.3 cm³/mol. The van der Waals surface area contributed by atoms with Gasteiger partial charge in [-0.25, -0.2) is 0 Å². The summed E-state index contributed by atoms with van der Waals surface area (Å²) in [6.45, 7) is 9.99. The van der Waals surface area contributed by atoms with Crippen LogP contribution in [0.2, 0.25) is 0 Å². The second-order valence-electron chi connectivity index (χ2n) is 3.51. The van der Waals surface area contributed by atoms with Crippen LogP contribution in [0.5, 0.6) is 0 Å². The zero-order valence-electron chi connectivity index (χ0n) is 9.88. The van der Waals surface area contributed by atoms with Gasteiger partial charge in [-0.2, -0.15) is 0 Å². The molecule has 0 heterocycles. The zero-order valence-corrected chi connectivity index (χ0v) is 11.3. The first-order valence-corrected chi connectivity index (χ1v) is 6.66. The van der Waals surface area contributed by atoms with Crippen molar-refractivity contribution in [2.45, 2.75) is 19.3 Å². The van der Waals surface area contributed by atoms with E-state index >= 15 is 0 Å². The fourth-order valence-electron chi connectivity index (χ4n) is 1.54. The fourth-order valence-corrected chi connectivity index (χ4v) is 3.20. The topological polar surface area (TPSA) is 21.7 Å². The third-order valence-electron chi connectivity index (χ3n) is 1.83. The molecule has 4 heteroatoms. The average molecular weight is 217 g/mol. The Balaban J connectivity index is 4.44. The van der Waals surface area contributed by atoms with Crippen LogP contribution in [0.3, 0.4) is 0 Å². The van der Waals surface area contributed by atoms with Crippen LogP contribution in [0.25, 0.3) is 0 Å². The molecule has 0 aliphatic heterocycles. The van der Waals surface area contributed by atoms with Crippen LogP contribution in [0.4, 0.5) is 0 Å². The van der Waals surface area contributed by atoms with Crippen molar-refractivity contribution in [1.29, 1.82) is 0 Å². The molecule has 0 aromatic carbocycles. The van der Waals surface area contributed by atoms with Crippen LogP contribution < -0.4 is 0 Å². The Kier molecular flexibility index (Phi) is 7.09. The molecule has 0 amide bonds. The van der Waals surface area contributed by atoms with E-state index in [2.05, 4.69) is 11.5 Å². The minimum absolute atomic E-state index is 0.380. The van der Waals surface area contributed by atoms with Crippen LogP contribution in [0.1, 0.15) is 13.8 Å². The highest BCUT2D eigenvalue weighted by molar-refractivity contribution is 6.45. The van der Waals surface area contributed by atoms with Crippen molar-refractivity contribution < 1.29 is 9.47 Å². The van der Waals surface area contributed by atoms with Gasteiger partial charge >= 0.3 is 0 Å². The Morgan fingerprint density at radius 1 is 1.29 bits per heavy atom. The van der Waals surface area contributed by atoms with E-state index in [1.165, 1.54) is 0 Å². The zero-order chi connectivity index (χ0) is 11.0. The monoisotopic (exact) mass is 217 g/mol. The molecule has 0 unspecified atom stereocenters. The number of ether oxygens (including phenoxy) is 2. The van der Waals surface area contributed by atoms with E-state index in [0.29, 0.717) is 13.2 Å². The molecule has 0 atom stereocenters. The smallest absolute Gasteiger partial charge is 0.161 e. The molecule has 0 aliphatic carbocycles. The first kappa shape index (κ1) is 13.8. The summed E-state index contributed by atoms with van der Waals surface area (Å²) in [5.74, 6) is 0. The van der Waals surface area contributed by atoms with Crippen molar-refractivity contribution in [3.05, 3.63) is 12.3 Å². The lowest BCUT2D eigenvalue weighted by atomic mass is 10.5. The van der Waals surface area contributed by atoms with E-state index in [9.17, 15) is 0 Å². The van der Waals surface area contributed by atoms with Crippen LogP contribution >= 0.6 is 0 Å². The maximum Gasteiger partial charge on any atom is 0.161 e. The number of likely N-dealkylation sites (N-methyl/N-ethyl adjacent to an activating group) is 1. The Hall–Kier alpha value is -0.163. The van der Waals surface area contributed by atoms with Gasteiger partial charge in [0.1, 0.15) is 9.52 Å². The molecule has 0 saturated carbocycles. The second-order valence-corrected chi connectivity index (χ2v) is 5.57. The summed E-state index contributed by atoms with van der Waals surface area (Å²) in [5, 5.41) is 0. The summed E-state index contributed by atoms with van der Waals surface area (Å²) in [6.07, 6.45) is 0. The van der Waals surface area contributed by atoms with Gasteiger partial charge < -0.3 is 14.4 Å². The van der Waals surface area contributed by atoms with Gasteiger partial charge in [-0.15, -0.1) is 12.3 Å². The standard InChI is InChI=1S/C10H23NO2Si/c1-6-12-10(13-7-2,14-8-3)9-11(4)5/h8H,3,6-7,9,14H2,1-2,4-5H3. The van der Waals surface area contributed by atoms with Crippen LogP contribution in [0.15, 0.2) is 12.3 Å². The summed E-state index contributed by atoms with van der Waals surface area (Å²) in [6, 6.07) is 0. The third kappa shape index (κ3) is 4.90. The van der Waals surface area contributed by atoms with Crippen LogP contribution in [0, 0.1) is 0 Å². The van der Waals surface area contributed by atoms with Gasteiger partial charge in [-0.05, 0) is 27.9 Å². The van der Waals surface area contributed by atoms with Gasteiger partial charge in [0.25, 0.3) is 0 Å². The van der Waals surface area contributed by atoms with E-state index in [1.807, 2.05) is 33.6 Å². The predicted octanol–water partition coefficient (Wildman–Crippen LogP) is 0.587. The molecule has 0 aromatic rings. The molecule has 84 valence electrons. The second kappa shape index (κ2) is 7.17. The van der Waals surface area contributed by atoms with E-state index < -0.39 is 9.52 Å². The molecule has 0 radical (unpaired) electrons. The van der Waals surface area contributed by atoms with Crippen LogP contribution in [-0.2, 0) is 9.47 Å². The molecule has 0 spiro atoms.